The Balaban J connectivity index is 1.30. The quantitative estimate of drug-likeness (QED) is 0.820. The van der Waals surface area contributed by atoms with Crippen LogP contribution in [0.1, 0.15) is 55.1 Å². The van der Waals surface area contributed by atoms with Gasteiger partial charge in [0, 0.05) is 17.0 Å². The first kappa shape index (κ1) is 15.9. The van der Waals surface area contributed by atoms with Crippen molar-refractivity contribution < 1.29 is 9.84 Å². The molecule has 0 bridgehead atoms. The summed E-state index contributed by atoms with van der Waals surface area (Å²) in [5, 5.41) is 16.9. The van der Waals surface area contributed by atoms with Gasteiger partial charge in [0.1, 0.15) is 11.9 Å². The van der Waals surface area contributed by atoms with Crippen molar-refractivity contribution in [2.45, 2.75) is 63.2 Å². The van der Waals surface area contributed by atoms with Gasteiger partial charge in [-0.25, -0.2) is 4.98 Å². The summed E-state index contributed by atoms with van der Waals surface area (Å²) < 4.78 is 5.93. The van der Waals surface area contributed by atoms with E-state index in [1.54, 1.807) is 11.3 Å². The first-order chi connectivity index (χ1) is 11.8. The number of ether oxygens (including phenoxy) is 1. The van der Waals surface area contributed by atoms with Gasteiger partial charge in [-0.1, -0.05) is 6.42 Å². The molecule has 128 valence electrons. The van der Waals surface area contributed by atoms with Crippen molar-refractivity contribution in [3.8, 4) is 5.75 Å². The standard InChI is InChI=1S/C19H24N2O2S/c22-17-3-1-2-4-18(17)23-16-9-7-14(8-10-16)20-11-15-12-24-19(21-15)13-5-6-13/h7-10,12-13,17-18,20,22H,1-6,11H2/t17-,18-/m0/s1. The number of hydrogen-bond acceptors (Lipinski definition) is 5. The van der Waals surface area contributed by atoms with Crippen molar-refractivity contribution in [3.63, 3.8) is 0 Å². The van der Waals surface area contributed by atoms with E-state index in [1.165, 1.54) is 17.8 Å². The molecule has 0 saturated heterocycles. The number of nitrogens with one attached hydrogen (secondary N) is 1. The molecule has 0 spiro atoms. The average Bonchev–Trinajstić information content (AvgIpc) is 3.35. The molecule has 2 atom stereocenters. The van der Waals surface area contributed by atoms with E-state index < -0.39 is 0 Å². The summed E-state index contributed by atoms with van der Waals surface area (Å²) in [7, 11) is 0. The van der Waals surface area contributed by atoms with Crippen LogP contribution < -0.4 is 10.1 Å². The van der Waals surface area contributed by atoms with Crippen molar-refractivity contribution in [1.82, 2.24) is 4.98 Å². The second-order valence-electron chi connectivity index (χ2n) is 6.84. The molecule has 2 aliphatic rings. The molecule has 0 radical (unpaired) electrons. The topological polar surface area (TPSA) is 54.4 Å². The number of aliphatic hydroxyl groups is 1. The average molecular weight is 344 g/mol. The third kappa shape index (κ3) is 3.90. The molecule has 1 heterocycles. The van der Waals surface area contributed by atoms with E-state index >= 15 is 0 Å². The second-order valence-corrected chi connectivity index (χ2v) is 7.73. The summed E-state index contributed by atoms with van der Waals surface area (Å²) in [5.41, 5.74) is 2.18. The van der Waals surface area contributed by atoms with Crippen LogP contribution in [-0.2, 0) is 6.54 Å². The van der Waals surface area contributed by atoms with Crippen LogP contribution in [0.3, 0.4) is 0 Å². The molecule has 2 N–H and O–H groups in total. The highest BCUT2D eigenvalue weighted by Crippen LogP contribution is 2.41. The van der Waals surface area contributed by atoms with E-state index in [1.807, 2.05) is 24.3 Å². The van der Waals surface area contributed by atoms with Crippen LogP contribution >= 0.6 is 11.3 Å². The van der Waals surface area contributed by atoms with Gasteiger partial charge in [-0.3, -0.25) is 0 Å². The zero-order valence-corrected chi connectivity index (χ0v) is 14.6. The normalized spacial score (nSPS) is 23.9. The zero-order chi connectivity index (χ0) is 16.4. The number of aromatic nitrogens is 1. The van der Waals surface area contributed by atoms with Gasteiger partial charge >= 0.3 is 0 Å². The van der Waals surface area contributed by atoms with Crippen LogP contribution in [-0.4, -0.2) is 22.3 Å². The molecular formula is C19H24N2O2S. The first-order valence-corrected chi connectivity index (χ1v) is 9.79. The smallest absolute Gasteiger partial charge is 0.124 e. The lowest BCUT2D eigenvalue weighted by Crippen LogP contribution is -2.34. The highest BCUT2D eigenvalue weighted by Gasteiger charge is 2.26. The molecule has 2 saturated carbocycles. The van der Waals surface area contributed by atoms with Crippen LogP contribution in [0.25, 0.3) is 0 Å². The minimum Gasteiger partial charge on any atom is -0.488 e. The zero-order valence-electron chi connectivity index (χ0n) is 13.8. The van der Waals surface area contributed by atoms with Crippen molar-refractivity contribution in [3.05, 3.63) is 40.3 Å². The molecule has 4 rings (SSSR count). The summed E-state index contributed by atoms with van der Waals surface area (Å²) >= 11 is 1.78. The number of rotatable bonds is 6. The molecule has 5 heteroatoms. The van der Waals surface area contributed by atoms with Crippen molar-refractivity contribution in [1.29, 1.82) is 0 Å². The predicted octanol–water partition coefficient (Wildman–Crippen LogP) is 4.31. The molecule has 1 aromatic heterocycles. The maximum atomic E-state index is 10.00. The predicted molar refractivity (Wildman–Crippen MR) is 96.7 cm³/mol. The highest BCUT2D eigenvalue weighted by atomic mass is 32.1. The van der Waals surface area contributed by atoms with Gasteiger partial charge < -0.3 is 15.2 Å². The van der Waals surface area contributed by atoms with Gasteiger partial charge in [-0.15, -0.1) is 11.3 Å². The van der Waals surface area contributed by atoms with Gasteiger partial charge in [-0.05, 0) is 56.4 Å². The van der Waals surface area contributed by atoms with Gasteiger partial charge in [0.05, 0.1) is 23.4 Å². The van der Waals surface area contributed by atoms with Crippen LogP contribution in [0.4, 0.5) is 5.69 Å². The minimum absolute atomic E-state index is 0.0617. The number of aliphatic hydroxyl groups excluding tert-OH is 1. The SMILES string of the molecule is O[C@H]1CCCC[C@@H]1Oc1ccc(NCc2csc(C3CC3)n2)cc1. The monoisotopic (exact) mass is 344 g/mol. The third-order valence-electron chi connectivity index (χ3n) is 4.78. The Morgan fingerprint density at radius 1 is 1.12 bits per heavy atom. The Bertz CT molecular complexity index is 666. The maximum Gasteiger partial charge on any atom is 0.124 e. The summed E-state index contributed by atoms with van der Waals surface area (Å²) in [6.07, 6.45) is 6.24. The van der Waals surface area contributed by atoms with E-state index in [9.17, 15) is 5.11 Å². The lowest BCUT2D eigenvalue weighted by molar-refractivity contribution is 0.00688. The largest absolute Gasteiger partial charge is 0.488 e. The molecule has 0 unspecified atom stereocenters. The summed E-state index contributed by atoms with van der Waals surface area (Å²) in [4.78, 5) is 4.69. The highest BCUT2D eigenvalue weighted by molar-refractivity contribution is 7.09. The van der Waals surface area contributed by atoms with E-state index in [-0.39, 0.29) is 12.2 Å². The second kappa shape index (κ2) is 7.11. The van der Waals surface area contributed by atoms with Crippen molar-refractivity contribution >= 4 is 17.0 Å². The van der Waals surface area contributed by atoms with Gasteiger partial charge in [0.15, 0.2) is 0 Å². The van der Waals surface area contributed by atoms with Crippen LogP contribution in [0.15, 0.2) is 29.6 Å². The molecule has 24 heavy (non-hydrogen) atoms. The Morgan fingerprint density at radius 3 is 2.67 bits per heavy atom. The van der Waals surface area contributed by atoms with E-state index in [4.69, 9.17) is 9.72 Å². The Morgan fingerprint density at radius 2 is 1.92 bits per heavy atom. The number of anilines is 1. The van der Waals surface area contributed by atoms with Crippen molar-refractivity contribution in [2.24, 2.45) is 0 Å². The van der Waals surface area contributed by atoms with E-state index in [0.717, 1.165) is 55.3 Å². The number of thiazole rings is 1. The summed E-state index contributed by atoms with van der Waals surface area (Å²) in [6.45, 7) is 0.755. The molecule has 2 aromatic rings. The number of nitrogens with zero attached hydrogens (tertiary/aromatic N) is 1. The van der Waals surface area contributed by atoms with Crippen LogP contribution in [0.2, 0.25) is 0 Å². The minimum atomic E-state index is -0.332. The van der Waals surface area contributed by atoms with Crippen LogP contribution in [0.5, 0.6) is 5.75 Å². The maximum absolute atomic E-state index is 10.00. The number of benzene rings is 1. The molecule has 0 amide bonds. The van der Waals surface area contributed by atoms with Gasteiger partial charge in [0.2, 0.25) is 0 Å². The fourth-order valence-electron chi connectivity index (χ4n) is 3.16. The Kier molecular flexibility index (Phi) is 4.72. The lowest BCUT2D eigenvalue weighted by atomic mass is 9.95. The van der Waals surface area contributed by atoms with E-state index in [0.29, 0.717) is 0 Å². The fraction of sp³-hybridized carbons (Fsp3) is 0.526. The lowest BCUT2D eigenvalue weighted by Gasteiger charge is -2.28. The molecule has 4 nitrogen and oxygen atoms in total. The third-order valence-corrected chi connectivity index (χ3v) is 5.84. The first-order valence-electron chi connectivity index (χ1n) is 8.91. The Hall–Kier alpha value is -1.59. The summed E-state index contributed by atoms with van der Waals surface area (Å²) in [6, 6.07) is 8.00. The van der Waals surface area contributed by atoms with Gasteiger partial charge in [-0.2, -0.15) is 0 Å². The molecule has 1 aromatic carbocycles. The summed E-state index contributed by atoms with van der Waals surface area (Å²) in [5.74, 6) is 1.56. The molecule has 2 aliphatic carbocycles. The van der Waals surface area contributed by atoms with E-state index in [2.05, 4.69) is 10.7 Å². The Labute approximate surface area is 146 Å². The molecule has 0 aliphatic heterocycles. The number of hydrogen-bond donors (Lipinski definition) is 2. The fourth-order valence-corrected chi connectivity index (χ4v) is 4.15. The van der Waals surface area contributed by atoms with Crippen molar-refractivity contribution in [2.75, 3.05) is 5.32 Å². The molecule has 2 fully saturated rings. The van der Waals surface area contributed by atoms with Gasteiger partial charge in [0.25, 0.3) is 0 Å². The molecular weight excluding hydrogens is 320 g/mol. The van der Waals surface area contributed by atoms with Crippen LogP contribution in [0, 0.1) is 0 Å².